The first-order valence-electron chi connectivity index (χ1n) is 15.9. The van der Waals surface area contributed by atoms with Crippen molar-refractivity contribution < 1.29 is 0 Å². The molecule has 0 aromatic heterocycles. The summed E-state index contributed by atoms with van der Waals surface area (Å²) in [5.74, 6) is 0. The van der Waals surface area contributed by atoms with E-state index in [9.17, 15) is 0 Å². The average Bonchev–Trinajstić information content (AvgIpc) is 3.30. The normalized spacial score (nSPS) is 14.3. The first-order valence-corrected chi connectivity index (χ1v) is 18.3. The highest BCUT2D eigenvalue weighted by atomic mass is 31.2. The number of aryl methyl sites for hydroxylation is 6. The minimum atomic E-state index is -1.43. The van der Waals surface area contributed by atoms with Gasteiger partial charge in [0.25, 0.3) is 0 Å². The molecule has 0 radical (unpaired) electrons. The summed E-state index contributed by atoms with van der Waals surface area (Å²) in [6.07, 6.45) is 3.78. The predicted octanol–water partition coefficient (Wildman–Crippen LogP) is 8.10. The molecule has 0 unspecified atom stereocenters. The first kappa shape index (κ1) is 30.5. The van der Waals surface area contributed by atoms with Gasteiger partial charge >= 0.3 is 13.7 Å². The van der Waals surface area contributed by atoms with E-state index in [1.54, 1.807) is 0 Å². The molecule has 0 aliphatic carbocycles. The Morgan fingerprint density at radius 1 is 0.524 bits per heavy atom. The van der Waals surface area contributed by atoms with Crippen molar-refractivity contribution >= 4 is 43.3 Å². The summed E-state index contributed by atoms with van der Waals surface area (Å²) in [5, 5.41) is 0. The zero-order valence-corrected chi connectivity index (χ0v) is 28.2. The van der Waals surface area contributed by atoms with Crippen LogP contribution in [0.5, 0.6) is 0 Å². The first-order chi connectivity index (χ1) is 20.2. The Labute approximate surface area is 257 Å². The molecule has 4 aromatic rings. The van der Waals surface area contributed by atoms with Gasteiger partial charge in [0.05, 0.1) is 23.9 Å². The van der Waals surface area contributed by atoms with E-state index in [4.69, 9.17) is 0 Å². The molecule has 1 aliphatic heterocycles. The minimum Gasteiger partial charge on any atom is -0.332 e. The van der Waals surface area contributed by atoms with Gasteiger partial charge in [-0.15, -0.1) is 0 Å². The van der Waals surface area contributed by atoms with Gasteiger partial charge < -0.3 is 9.84 Å². The third kappa shape index (κ3) is 5.22. The monoisotopic (exact) mass is 573 g/mol. The highest BCUT2D eigenvalue weighted by Crippen LogP contribution is 2.65. The van der Waals surface area contributed by atoms with Gasteiger partial charge in [-0.05, 0) is 97.5 Å². The van der Waals surface area contributed by atoms with Gasteiger partial charge in [0.15, 0.2) is 0 Å². The quantitative estimate of drug-likeness (QED) is 0.155. The van der Waals surface area contributed by atoms with Gasteiger partial charge in [-0.3, -0.25) is 0 Å². The van der Waals surface area contributed by atoms with E-state index in [1.165, 1.54) is 74.2 Å². The van der Waals surface area contributed by atoms with E-state index < -0.39 is 7.26 Å². The summed E-state index contributed by atoms with van der Waals surface area (Å²) in [5.41, 5.74) is 14.4. The summed E-state index contributed by atoms with van der Waals surface area (Å²) < 4.78 is 0. The van der Waals surface area contributed by atoms with Crippen LogP contribution in [0.25, 0.3) is 0 Å². The second-order valence-electron chi connectivity index (χ2n) is 12.5. The van der Waals surface area contributed by atoms with Crippen LogP contribution in [0.2, 0.25) is 0 Å². The fraction of sp³-hybridized carbons (Fsp3) is 0.351. The Bertz CT molecular complexity index is 1370. The van der Waals surface area contributed by atoms with Crippen LogP contribution >= 0.6 is 7.26 Å². The van der Waals surface area contributed by atoms with Gasteiger partial charge in [0.1, 0.15) is 0 Å². The number of benzene rings is 4. The van der Waals surface area contributed by atoms with Crippen molar-refractivity contribution in [2.75, 3.05) is 28.3 Å². The third-order valence-electron chi connectivity index (χ3n) is 10.0. The van der Waals surface area contributed by atoms with Gasteiger partial charge in [0.2, 0.25) is 0 Å². The maximum absolute atomic E-state index is 2.71. The Morgan fingerprint density at radius 3 is 1.12 bits per heavy atom. The van der Waals surface area contributed by atoms with Crippen molar-refractivity contribution in [3.63, 3.8) is 0 Å². The number of anilines is 2. The third-order valence-corrected chi connectivity index (χ3v) is 15.6. The number of rotatable bonds is 8. The molecule has 4 aromatic carbocycles. The molecule has 0 N–H and O–H groups in total. The van der Waals surface area contributed by atoms with Crippen LogP contribution in [-0.4, -0.2) is 37.6 Å². The lowest BCUT2D eigenvalue weighted by atomic mass is 9.35. The molecule has 2 nitrogen and oxygen atoms in total. The lowest BCUT2D eigenvalue weighted by Gasteiger charge is -2.39. The van der Waals surface area contributed by atoms with Gasteiger partial charge in [-0.1, -0.05) is 94.0 Å². The fourth-order valence-electron chi connectivity index (χ4n) is 8.27. The van der Waals surface area contributed by atoms with Gasteiger partial charge in [0, 0.05) is 18.6 Å². The van der Waals surface area contributed by atoms with Crippen LogP contribution in [0.1, 0.15) is 54.2 Å². The molecule has 0 bridgehead atoms. The summed E-state index contributed by atoms with van der Waals surface area (Å²) in [6, 6.07) is 32.0. The molecule has 42 heavy (non-hydrogen) atoms. The second-order valence-corrected chi connectivity index (χ2v) is 17.5. The van der Waals surface area contributed by atoms with Crippen molar-refractivity contribution in [2.45, 2.75) is 67.8 Å². The van der Waals surface area contributed by atoms with Crippen molar-refractivity contribution in [1.29, 1.82) is 0 Å². The number of hydrogen-bond donors (Lipinski definition) is 0. The maximum Gasteiger partial charge on any atom is 0.349 e. The number of hydrogen-bond acceptors (Lipinski definition) is 2. The zero-order chi connectivity index (χ0) is 30.2. The van der Waals surface area contributed by atoms with E-state index >= 15 is 0 Å². The molecule has 1 saturated heterocycles. The lowest BCUT2D eigenvalue weighted by molar-refractivity contribution is 1.12. The van der Waals surface area contributed by atoms with Crippen LogP contribution in [0.4, 0.5) is 11.4 Å². The highest BCUT2D eigenvalue weighted by molar-refractivity contribution is 7.81. The van der Waals surface area contributed by atoms with Gasteiger partial charge in [-0.25, -0.2) is 0 Å². The Kier molecular flexibility index (Phi) is 8.96. The molecule has 0 saturated carbocycles. The van der Waals surface area contributed by atoms with E-state index in [-0.39, 0.29) is 13.7 Å². The largest absolute Gasteiger partial charge is 0.349 e. The fourth-order valence-corrected chi connectivity index (χ4v) is 12.6. The molecule has 216 valence electrons. The molecule has 0 atom stereocenters. The van der Waals surface area contributed by atoms with Crippen LogP contribution in [0.3, 0.4) is 0 Å². The zero-order valence-electron chi connectivity index (χ0n) is 27.3. The Balaban J connectivity index is 1.96. The number of nitrogens with zero attached hydrogens (tertiary/aromatic N) is 2. The average molecular weight is 573 g/mol. The van der Waals surface area contributed by atoms with Crippen LogP contribution in [0.15, 0.2) is 84.9 Å². The Hall–Kier alpha value is -2.96. The topological polar surface area (TPSA) is 6.48 Å². The van der Waals surface area contributed by atoms with Crippen LogP contribution < -0.4 is 20.8 Å². The standard InChI is InChI=1S/C37H48B2N2P/c1-10-42(11-2,12-3)37-38(35-29(6)23-27(4)24-30(35)7)40(33-19-15-13-16-20-33)41(34-21-17-14-18-22-34)39(37)36-31(8)25-28(5)26-32(36)9/h13-26,37H,10-12H2,1-9H3/q+1. The van der Waals surface area contributed by atoms with Crippen LogP contribution in [0, 0.1) is 41.5 Å². The molecule has 1 fully saturated rings. The molecule has 5 heteroatoms. The maximum atomic E-state index is 2.71. The Morgan fingerprint density at radius 2 is 0.833 bits per heavy atom. The van der Waals surface area contributed by atoms with Crippen LogP contribution in [-0.2, 0) is 0 Å². The van der Waals surface area contributed by atoms with E-state index in [0.29, 0.717) is 5.46 Å². The summed E-state index contributed by atoms with van der Waals surface area (Å²) >= 11 is 0. The van der Waals surface area contributed by atoms with E-state index in [1.807, 2.05) is 0 Å². The molecule has 0 spiro atoms. The summed E-state index contributed by atoms with van der Waals surface area (Å²) in [6.45, 7) is 21.8. The van der Waals surface area contributed by atoms with Crippen molar-refractivity contribution in [3.05, 3.63) is 118 Å². The van der Waals surface area contributed by atoms with E-state index in [2.05, 4.69) is 157 Å². The van der Waals surface area contributed by atoms with Crippen molar-refractivity contribution in [2.24, 2.45) is 0 Å². The molecule has 5 rings (SSSR count). The molecular formula is C37H48B2N2P+. The number of para-hydroxylation sites is 2. The van der Waals surface area contributed by atoms with Gasteiger partial charge in [-0.2, -0.15) is 0 Å². The second kappa shape index (κ2) is 12.3. The summed E-state index contributed by atoms with van der Waals surface area (Å²) in [4.78, 5) is 5.42. The van der Waals surface area contributed by atoms with E-state index in [0.717, 1.165) is 0 Å². The smallest absolute Gasteiger partial charge is 0.332 e. The predicted molar refractivity (Wildman–Crippen MR) is 192 cm³/mol. The van der Waals surface area contributed by atoms with Crippen molar-refractivity contribution in [3.8, 4) is 0 Å². The molecule has 0 amide bonds. The minimum absolute atomic E-state index is 0.228. The lowest BCUT2D eigenvalue weighted by Crippen LogP contribution is -2.57. The highest BCUT2D eigenvalue weighted by Gasteiger charge is 2.66. The molecule has 1 aliphatic rings. The SMILES string of the molecule is CC[P+](CC)(CC)C1B(c2c(C)cc(C)cc2C)N(c2ccccc2)N(c2ccccc2)B1c1c(C)cc(C)cc1C. The molecular weight excluding hydrogens is 525 g/mol. The van der Waals surface area contributed by atoms with Crippen molar-refractivity contribution in [1.82, 2.24) is 0 Å². The molecule has 1 heterocycles. The number of hydrazine groups is 1. The summed E-state index contributed by atoms with van der Waals surface area (Å²) in [7, 11) is -1.43.